The van der Waals surface area contributed by atoms with Crippen molar-refractivity contribution >= 4 is 0 Å². The van der Waals surface area contributed by atoms with E-state index in [1.54, 1.807) is 4.68 Å². The Morgan fingerprint density at radius 1 is 1.19 bits per heavy atom. The van der Waals surface area contributed by atoms with Crippen LogP contribution in [0, 0.1) is 5.92 Å². The van der Waals surface area contributed by atoms with Gasteiger partial charge in [0.2, 0.25) is 0 Å². The van der Waals surface area contributed by atoms with Crippen LogP contribution in [0.2, 0.25) is 0 Å². The van der Waals surface area contributed by atoms with E-state index in [1.807, 2.05) is 42.6 Å². The van der Waals surface area contributed by atoms with Crippen molar-refractivity contribution in [3.05, 3.63) is 48.3 Å². The fraction of sp³-hybridized carbons (Fsp3) is 0.308. The minimum atomic E-state index is -0.384. The average Bonchev–Trinajstić information content (AvgIpc) is 3.07. The maximum Gasteiger partial charge on any atom is 0.101 e. The molecule has 1 aromatic carbocycles. The smallest absolute Gasteiger partial charge is 0.101 e. The quantitative estimate of drug-likeness (QED) is 0.851. The van der Waals surface area contributed by atoms with Crippen LogP contribution in [-0.2, 0) is 0 Å². The highest BCUT2D eigenvalue weighted by Crippen LogP contribution is 2.40. The van der Waals surface area contributed by atoms with Gasteiger partial charge in [-0.15, -0.1) is 0 Å². The molecule has 3 heteroatoms. The molecule has 1 fully saturated rings. The van der Waals surface area contributed by atoms with Crippen molar-refractivity contribution in [2.24, 2.45) is 5.92 Å². The summed E-state index contributed by atoms with van der Waals surface area (Å²) in [5, 5.41) is 14.4. The van der Waals surface area contributed by atoms with E-state index in [4.69, 9.17) is 0 Å². The molecule has 0 bridgehead atoms. The second kappa shape index (κ2) is 3.76. The summed E-state index contributed by atoms with van der Waals surface area (Å²) in [7, 11) is 0. The molecule has 1 saturated carbocycles. The predicted octanol–water partition coefficient (Wildman–Crippen LogP) is 2.32. The summed E-state index contributed by atoms with van der Waals surface area (Å²) in [6.45, 7) is 0. The summed E-state index contributed by atoms with van der Waals surface area (Å²) < 4.78 is 1.81. The lowest BCUT2D eigenvalue weighted by atomic mass is 10.2. The second-order valence-corrected chi connectivity index (χ2v) is 4.30. The fourth-order valence-corrected chi connectivity index (χ4v) is 1.87. The molecular weight excluding hydrogens is 200 g/mol. The summed E-state index contributed by atoms with van der Waals surface area (Å²) in [4.78, 5) is 0. The minimum absolute atomic E-state index is 0.384. The normalized spacial score (nSPS) is 17.3. The molecule has 3 nitrogen and oxygen atoms in total. The Kier molecular flexibility index (Phi) is 2.26. The van der Waals surface area contributed by atoms with Crippen molar-refractivity contribution in [1.29, 1.82) is 0 Å². The zero-order chi connectivity index (χ0) is 11.0. The van der Waals surface area contributed by atoms with Crippen LogP contribution in [-0.4, -0.2) is 14.9 Å². The standard InChI is InChI=1S/C13H14N2O/c16-13(10-6-7-10)12-8-9-15(14-12)11-4-2-1-3-5-11/h1-5,8-10,13,16H,6-7H2. The summed E-state index contributed by atoms with van der Waals surface area (Å²) >= 11 is 0. The van der Waals surface area contributed by atoms with Crippen LogP contribution in [0.5, 0.6) is 0 Å². The van der Waals surface area contributed by atoms with Gasteiger partial charge in [0.25, 0.3) is 0 Å². The molecule has 1 heterocycles. The number of aromatic nitrogens is 2. The number of benzene rings is 1. The number of nitrogens with zero attached hydrogens (tertiary/aromatic N) is 2. The van der Waals surface area contributed by atoms with Gasteiger partial charge in [-0.1, -0.05) is 18.2 Å². The third-order valence-electron chi connectivity index (χ3n) is 3.00. The number of rotatable bonds is 3. The summed E-state index contributed by atoms with van der Waals surface area (Å²) in [6, 6.07) is 11.8. The van der Waals surface area contributed by atoms with Gasteiger partial charge in [0.1, 0.15) is 6.10 Å². The van der Waals surface area contributed by atoms with E-state index in [2.05, 4.69) is 5.10 Å². The number of aliphatic hydroxyl groups is 1. The van der Waals surface area contributed by atoms with Gasteiger partial charge in [-0.3, -0.25) is 0 Å². The molecule has 0 amide bonds. The Balaban J connectivity index is 1.87. The molecule has 1 unspecified atom stereocenters. The van der Waals surface area contributed by atoms with Crippen molar-refractivity contribution in [3.8, 4) is 5.69 Å². The van der Waals surface area contributed by atoms with Gasteiger partial charge in [0.05, 0.1) is 11.4 Å². The Hall–Kier alpha value is -1.61. The first kappa shape index (κ1) is 9.60. The van der Waals surface area contributed by atoms with Crippen LogP contribution < -0.4 is 0 Å². The van der Waals surface area contributed by atoms with E-state index in [9.17, 15) is 5.11 Å². The van der Waals surface area contributed by atoms with Crippen LogP contribution in [0.15, 0.2) is 42.6 Å². The molecule has 0 radical (unpaired) electrons. The molecule has 3 rings (SSSR count). The second-order valence-electron chi connectivity index (χ2n) is 4.30. The number of para-hydroxylation sites is 1. The van der Waals surface area contributed by atoms with Crippen molar-refractivity contribution in [2.75, 3.05) is 0 Å². The molecule has 1 aromatic heterocycles. The molecular formula is C13H14N2O. The van der Waals surface area contributed by atoms with Gasteiger partial charge < -0.3 is 5.11 Å². The zero-order valence-electron chi connectivity index (χ0n) is 8.95. The molecule has 82 valence electrons. The molecule has 0 spiro atoms. The molecule has 1 atom stereocenters. The van der Waals surface area contributed by atoms with Crippen LogP contribution >= 0.6 is 0 Å². The summed E-state index contributed by atoms with van der Waals surface area (Å²) in [5.41, 5.74) is 1.81. The van der Waals surface area contributed by atoms with Gasteiger partial charge in [0, 0.05) is 6.20 Å². The molecule has 0 saturated heterocycles. The topological polar surface area (TPSA) is 38.0 Å². The monoisotopic (exact) mass is 214 g/mol. The average molecular weight is 214 g/mol. The predicted molar refractivity (Wildman–Crippen MR) is 61.2 cm³/mol. The number of hydrogen-bond donors (Lipinski definition) is 1. The third kappa shape index (κ3) is 1.74. The van der Waals surface area contributed by atoms with E-state index < -0.39 is 0 Å². The first-order chi connectivity index (χ1) is 7.84. The molecule has 1 N–H and O–H groups in total. The Morgan fingerprint density at radius 3 is 2.62 bits per heavy atom. The third-order valence-corrected chi connectivity index (χ3v) is 3.00. The van der Waals surface area contributed by atoms with Crippen LogP contribution in [0.25, 0.3) is 5.69 Å². The lowest BCUT2D eigenvalue weighted by Crippen LogP contribution is -2.02. The molecule has 1 aliphatic carbocycles. The van der Waals surface area contributed by atoms with Gasteiger partial charge in [0.15, 0.2) is 0 Å². The van der Waals surface area contributed by atoms with E-state index in [1.165, 1.54) is 0 Å². The van der Waals surface area contributed by atoms with E-state index in [0.29, 0.717) is 5.92 Å². The Morgan fingerprint density at radius 2 is 1.94 bits per heavy atom. The van der Waals surface area contributed by atoms with E-state index in [0.717, 1.165) is 24.2 Å². The molecule has 1 aliphatic rings. The highest BCUT2D eigenvalue weighted by molar-refractivity contribution is 5.30. The highest BCUT2D eigenvalue weighted by Gasteiger charge is 2.32. The SMILES string of the molecule is OC(c1ccn(-c2ccccc2)n1)C1CC1. The lowest BCUT2D eigenvalue weighted by Gasteiger charge is -2.04. The molecule has 16 heavy (non-hydrogen) atoms. The minimum Gasteiger partial charge on any atom is -0.386 e. The fourth-order valence-electron chi connectivity index (χ4n) is 1.87. The van der Waals surface area contributed by atoms with E-state index >= 15 is 0 Å². The number of aliphatic hydroxyl groups excluding tert-OH is 1. The van der Waals surface area contributed by atoms with Gasteiger partial charge in [-0.05, 0) is 37.0 Å². The van der Waals surface area contributed by atoms with Gasteiger partial charge >= 0.3 is 0 Å². The van der Waals surface area contributed by atoms with Gasteiger partial charge in [-0.25, -0.2) is 4.68 Å². The lowest BCUT2D eigenvalue weighted by molar-refractivity contribution is 0.148. The first-order valence-corrected chi connectivity index (χ1v) is 5.63. The maximum atomic E-state index is 9.94. The van der Waals surface area contributed by atoms with Crippen LogP contribution in [0.1, 0.15) is 24.6 Å². The highest BCUT2D eigenvalue weighted by atomic mass is 16.3. The molecule has 0 aliphatic heterocycles. The van der Waals surface area contributed by atoms with Crippen LogP contribution in [0.4, 0.5) is 0 Å². The van der Waals surface area contributed by atoms with Crippen LogP contribution in [0.3, 0.4) is 0 Å². The summed E-state index contributed by atoms with van der Waals surface area (Å²) in [6.07, 6.45) is 3.76. The zero-order valence-corrected chi connectivity index (χ0v) is 8.95. The first-order valence-electron chi connectivity index (χ1n) is 5.63. The van der Waals surface area contributed by atoms with Crippen molar-refractivity contribution in [2.45, 2.75) is 18.9 Å². The van der Waals surface area contributed by atoms with Crippen molar-refractivity contribution < 1.29 is 5.11 Å². The van der Waals surface area contributed by atoms with Gasteiger partial charge in [-0.2, -0.15) is 5.10 Å². The summed E-state index contributed by atoms with van der Waals surface area (Å²) in [5.74, 6) is 0.430. The van der Waals surface area contributed by atoms with E-state index in [-0.39, 0.29) is 6.10 Å². The number of hydrogen-bond acceptors (Lipinski definition) is 2. The molecule has 2 aromatic rings. The Bertz CT molecular complexity index is 474. The Labute approximate surface area is 94.3 Å². The largest absolute Gasteiger partial charge is 0.386 e. The van der Waals surface area contributed by atoms with Crippen molar-refractivity contribution in [1.82, 2.24) is 9.78 Å². The maximum absolute atomic E-state index is 9.94. The van der Waals surface area contributed by atoms with Crippen molar-refractivity contribution in [3.63, 3.8) is 0 Å².